The van der Waals surface area contributed by atoms with Crippen LogP contribution in [0.25, 0.3) is 5.69 Å². The molecule has 3 heteroatoms. The Labute approximate surface area is 95.9 Å². The van der Waals surface area contributed by atoms with Crippen molar-refractivity contribution in [1.82, 2.24) is 9.55 Å². The SMILES string of the molecule is CCCc1nccn1-c1cccc(CN)c1. The zero-order valence-electron chi connectivity index (χ0n) is 9.56. The van der Waals surface area contributed by atoms with Crippen LogP contribution in [0.5, 0.6) is 0 Å². The molecule has 2 rings (SSSR count). The molecule has 1 aromatic carbocycles. The highest BCUT2D eigenvalue weighted by molar-refractivity contribution is 5.37. The predicted octanol–water partition coefficient (Wildman–Crippen LogP) is 2.28. The lowest BCUT2D eigenvalue weighted by Gasteiger charge is -2.08. The van der Waals surface area contributed by atoms with Gasteiger partial charge in [-0.1, -0.05) is 19.1 Å². The van der Waals surface area contributed by atoms with Crippen LogP contribution in [0.3, 0.4) is 0 Å². The highest BCUT2D eigenvalue weighted by Crippen LogP contribution is 2.13. The normalized spacial score (nSPS) is 10.6. The standard InChI is InChI=1S/C13H17N3/c1-2-4-13-15-7-8-16(13)12-6-3-5-11(9-12)10-14/h3,5-9H,2,4,10,14H2,1H3. The van der Waals surface area contributed by atoms with Gasteiger partial charge in [0.15, 0.2) is 0 Å². The van der Waals surface area contributed by atoms with Crippen LogP contribution in [0, 0.1) is 0 Å². The Bertz CT molecular complexity index is 460. The summed E-state index contributed by atoms with van der Waals surface area (Å²) in [5, 5.41) is 0. The number of imidazole rings is 1. The topological polar surface area (TPSA) is 43.8 Å². The van der Waals surface area contributed by atoms with E-state index in [0.29, 0.717) is 6.54 Å². The molecule has 0 amide bonds. The van der Waals surface area contributed by atoms with E-state index in [-0.39, 0.29) is 0 Å². The van der Waals surface area contributed by atoms with Crippen molar-refractivity contribution in [2.45, 2.75) is 26.3 Å². The van der Waals surface area contributed by atoms with Crippen molar-refractivity contribution in [2.24, 2.45) is 5.73 Å². The maximum Gasteiger partial charge on any atom is 0.113 e. The van der Waals surface area contributed by atoms with Gasteiger partial charge in [0.1, 0.15) is 5.82 Å². The summed E-state index contributed by atoms with van der Waals surface area (Å²) < 4.78 is 2.13. The van der Waals surface area contributed by atoms with Crippen molar-refractivity contribution in [3.63, 3.8) is 0 Å². The fourth-order valence-corrected chi connectivity index (χ4v) is 1.81. The molecule has 16 heavy (non-hydrogen) atoms. The minimum Gasteiger partial charge on any atom is -0.326 e. The largest absolute Gasteiger partial charge is 0.326 e. The van der Waals surface area contributed by atoms with Crippen molar-refractivity contribution in [2.75, 3.05) is 0 Å². The average molecular weight is 215 g/mol. The highest BCUT2D eigenvalue weighted by atomic mass is 15.1. The van der Waals surface area contributed by atoms with Crippen molar-refractivity contribution in [1.29, 1.82) is 0 Å². The maximum atomic E-state index is 5.64. The van der Waals surface area contributed by atoms with Gasteiger partial charge in [-0.3, -0.25) is 0 Å². The van der Waals surface area contributed by atoms with E-state index in [1.807, 2.05) is 24.5 Å². The molecule has 0 saturated heterocycles. The lowest BCUT2D eigenvalue weighted by molar-refractivity contribution is 0.808. The molecule has 0 unspecified atom stereocenters. The van der Waals surface area contributed by atoms with Crippen LogP contribution in [0.15, 0.2) is 36.7 Å². The fourth-order valence-electron chi connectivity index (χ4n) is 1.81. The zero-order valence-corrected chi connectivity index (χ0v) is 9.56. The van der Waals surface area contributed by atoms with Gasteiger partial charge in [0.25, 0.3) is 0 Å². The Hall–Kier alpha value is -1.61. The highest BCUT2D eigenvalue weighted by Gasteiger charge is 2.03. The summed E-state index contributed by atoms with van der Waals surface area (Å²) in [5.74, 6) is 1.11. The first-order valence-corrected chi connectivity index (χ1v) is 5.66. The van der Waals surface area contributed by atoms with E-state index in [1.54, 1.807) is 0 Å². The average Bonchev–Trinajstić information content (AvgIpc) is 2.78. The van der Waals surface area contributed by atoms with Crippen LogP contribution < -0.4 is 5.73 Å². The maximum absolute atomic E-state index is 5.64. The number of hydrogen-bond acceptors (Lipinski definition) is 2. The van der Waals surface area contributed by atoms with Gasteiger partial charge in [-0.15, -0.1) is 0 Å². The molecule has 0 fully saturated rings. The van der Waals surface area contributed by atoms with E-state index in [4.69, 9.17) is 5.73 Å². The van der Waals surface area contributed by atoms with Crippen LogP contribution in [0.1, 0.15) is 24.7 Å². The second kappa shape index (κ2) is 4.94. The molecule has 1 heterocycles. The molecular weight excluding hydrogens is 198 g/mol. The van der Waals surface area contributed by atoms with Gasteiger partial charge >= 0.3 is 0 Å². The smallest absolute Gasteiger partial charge is 0.113 e. The van der Waals surface area contributed by atoms with Gasteiger partial charge in [-0.2, -0.15) is 0 Å². The Kier molecular flexibility index (Phi) is 3.37. The predicted molar refractivity (Wildman–Crippen MR) is 65.5 cm³/mol. The number of nitrogens with zero attached hydrogens (tertiary/aromatic N) is 2. The van der Waals surface area contributed by atoms with Crippen LogP contribution in [-0.4, -0.2) is 9.55 Å². The number of benzene rings is 1. The summed E-state index contributed by atoms with van der Waals surface area (Å²) in [6, 6.07) is 8.27. The van der Waals surface area contributed by atoms with E-state index in [1.165, 1.54) is 0 Å². The van der Waals surface area contributed by atoms with Gasteiger partial charge in [-0.25, -0.2) is 4.98 Å². The molecule has 0 radical (unpaired) electrons. The second-order valence-electron chi connectivity index (χ2n) is 3.84. The summed E-state index contributed by atoms with van der Waals surface area (Å²) in [6.45, 7) is 2.74. The molecule has 2 aromatic rings. The van der Waals surface area contributed by atoms with E-state index in [2.05, 4.69) is 28.6 Å². The molecule has 2 N–H and O–H groups in total. The number of hydrogen-bond donors (Lipinski definition) is 1. The second-order valence-corrected chi connectivity index (χ2v) is 3.84. The van der Waals surface area contributed by atoms with Crippen molar-refractivity contribution >= 4 is 0 Å². The number of nitrogens with two attached hydrogens (primary N) is 1. The quantitative estimate of drug-likeness (QED) is 0.850. The molecule has 84 valence electrons. The van der Waals surface area contributed by atoms with Gasteiger partial charge in [0.2, 0.25) is 0 Å². The minimum atomic E-state index is 0.575. The molecule has 0 spiro atoms. The van der Waals surface area contributed by atoms with Crippen LogP contribution >= 0.6 is 0 Å². The summed E-state index contributed by atoms with van der Waals surface area (Å²) in [4.78, 5) is 4.37. The fraction of sp³-hybridized carbons (Fsp3) is 0.308. The molecule has 0 aliphatic carbocycles. The van der Waals surface area contributed by atoms with Crippen molar-refractivity contribution in [3.05, 3.63) is 48.0 Å². The number of rotatable bonds is 4. The molecule has 0 saturated carbocycles. The summed E-state index contributed by atoms with van der Waals surface area (Å²) in [7, 11) is 0. The van der Waals surface area contributed by atoms with E-state index in [9.17, 15) is 0 Å². The molecule has 0 bridgehead atoms. The molecule has 0 atom stereocenters. The summed E-state index contributed by atoms with van der Waals surface area (Å²) in [6.07, 6.45) is 5.95. The third-order valence-electron chi connectivity index (χ3n) is 2.62. The Morgan fingerprint density at radius 1 is 1.38 bits per heavy atom. The summed E-state index contributed by atoms with van der Waals surface area (Å²) >= 11 is 0. The van der Waals surface area contributed by atoms with Crippen molar-refractivity contribution < 1.29 is 0 Å². The molecular formula is C13H17N3. The Morgan fingerprint density at radius 2 is 2.25 bits per heavy atom. The zero-order chi connectivity index (χ0) is 11.4. The van der Waals surface area contributed by atoms with Gasteiger partial charge in [-0.05, 0) is 24.1 Å². The van der Waals surface area contributed by atoms with E-state index in [0.717, 1.165) is 29.9 Å². The minimum absolute atomic E-state index is 0.575. The van der Waals surface area contributed by atoms with E-state index < -0.39 is 0 Å². The summed E-state index contributed by atoms with van der Waals surface area (Å²) in [5.41, 5.74) is 7.93. The van der Waals surface area contributed by atoms with Gasteiger partial charge in [0.05, 0.1) is 0 Å². The molecule has 3 nitrogen and oxygen atoms in total. The van der Waals surface area contributed by atoms with Gasteiger partial charge in [0, 0.05) is 31.0 Å². The Morgan fingerprint density at radius 3 is 3.00 bits per heavy atom. The Balaban J connectivity index is 2.37. The van der Waals surface area contributed by atoms with E-state index >= 15 is 0 Å². The first-order valence-electron chi connectivity index (χ1n) is 5.66. The monoisotopic (exact) mass is 215 g/mol. The molecule has 0 aliphatic heterocycles. The third-order valence-corrected chi connectivity index (χ3v) is 2.62. The van der Waals surface area contributed by atoms with Crippen LogP contribution in [0.4, 0.5) is 0 Å². The van der Waals surface area contributed by atoms with Crippen LogP contribution in [-0.2, 0) is 13.0 Å². The lowest BCUT2D eigenvalue weighted by Crippen LogP contribution is -2.02. The lowest BCUT2D eigenvalue weighted by atomic mass is 10.2. The van der Waals surface area contributed by atoms with Gasteiger partial charge < -0.3 is 10.3 Å². The van der Waals surface area contributed by atoms with Crippen molar-refractivity contribution in [3.8, 4) is 5.69 Å². The number of aryl methyl sites for hydroxylation is 1. The first-order chi connectivity index (χ1) is 7.85. The molecule has 0 aliphatic rings. The molecule has 1 aromatic heterocycles. The first kappa shape index (κ1) is 10.9. The number of aromatic nitrogens is 2. The van der Waals surface area contributed by atoms with Crippen LogP contribution in [0.2, 0.25) is 0 Å². The third kappa shape index (κ3) is 2.14.